The molecule has 3 aromatic rings. The summed E-state index contributed by atoms with van der Waals surface area (Å²) >= 11 is 0. The Morgan fingerprint density at radius 1 is 1.03 bits per heavy atom. The highest BCUT2D eigenvalue weighted by Gasteiger charge is 2.49. The Balaban J connectivity index is 1.40. The zero-order chi connectivity index (χ0) is 22.5. The van der Waals surface area contributed by atoms with Crippen LogP contribution in [-0.2, 0) is 10.3 Å². The van der Waals surface area contributed by atoms with Gasteiger partial charge in [0.15, 0.2) is 17.3 Å². The van der Waals surface area contributed by atoms with E-state index in [2.05, 4.69) is 5.32 Å². The highest BCUT2D eigenvalue weighted by atomic mass is 16.7. The highest BCUT2D eigenvalue weighted by molar-refractivity contribution is 6.11. The van der Waals surface area contributed by atoms with Gasteiger partial charge in [-0.05, 0) is 59.7 Å². The van der Waals surface area contributed by atoms with E-state index in [0.29, 0.717) is 22.6 Å². The molecule has 1 atom stereocenters. The zero-order valence-electron chi connectivity index (χ0n) is 17.5. The van der Waals surface area contributed by atoms with Gasteiger partial charge < -0.3 is 19.5 Å². The predicted octanol–water partition coefficient (Wildman–Crippen LogP) is 3.23. The van der Waals surface area contributed by atoms with Crippen molar-refractivity contribution in [3.8, 4) is 17.2 Å². The highest BCUT2D eigenvalue weighted by Crippen LogP contribution is 2.34. The fourth-order valence-corrected chi connectivity index (χ4v) is 4.00. The van der Waals surface area contributed by atoms with E-state index in [9.17, 15) is 14.4 Å². The lowest BCUT2D eigenvalue weighted by Gasteiger charge is -2.22. The van der Waals surface area contributed by atoms with Crippen LogP contribution in [0.4, 0.5) is 4.79 Å². The van der Waals surface area contributed by atoms with Gasteiger partial charge >= 0.3 is 6.03 Å². The number of nitrogens with one attached hydrogen (secondary N) is 1. The van der Waals surface area contributed by atoms with Crippen molar-refractivity contribution in [3.05, 3.63) is 65.7 Å². The molecule has 3 aromatic carbocycles. The van der Waals surface area contributed by atoms with E-state index in [0.717, 1.165) is 21.4 Å². The first-order chi connectivity index (χ1) is 15.4. The number of carbonyl (C=O) groups excluding carboxylic acids is 3. The van der Waals surface area contributed by atoms with Gasteiger partial charge in [-0.3, -0.25) is 14.5 Å². The van der Waals surface area contributed by atoms with Crippen molar-refractivity contribution in [1.29, 1.82) is 0 Å². The molecule has 0 unspecified atom stereocenters. The number of imide groups is 1. The summed E-state index contributed by atoms with van der Waals surface area (Å²) in [6.45, 7) is 1.37. The Morgan fingerprint density at radius 2 is 1.78 bits per heavy atom. The SMILES string of the molecule is COc1ccc2cc([C@@]3(C)NC(=O)N(CC(=O)c4ccc5c(c4)OCO5)C3=O)ccc2c1. The van der Waals surface area contributed by atoms with Crippen molar-refractivity contribution in [2.24, 2.45) is 0 Å². The Kier molecular flexibility index (Phi) is 4.51. The third-order valence-corrected chi connectivity index (χ3v) is 5.90. The van der Waals surface area contributed by atoms with Gasteiger partial charge in [-0.25, -0.2) is 4.79 Å². The standard InChI is InChI=1S/C24H20N2O6/c1-24(17-6-3-15-10-18(30-2)7-4-14(15)9-17)22(28)26(23(29)25-24)12-19(27)16-5-8-20-21(11-16)32-13-31-20/h3-11H,12-13H2,1-2H3,(H,25,29)/t24-/m1/s1. The second-order valence-corrected chi connectivity index (χ2v) is 7.87. The molecule has 32 heavy (non-hydrogen) atoms. The molecule has 162 valence electrons. The topological polar surface area (TPSA) is 94.2 Å². The average Bonchev–Trinajstić information content (AvgIpc) is 3.36. The van der Waals surface area contributed by atoms with Crippen LogP contribution in [0.25, 0.3) is 10.8 Å². The third kappa shape index (κ3) is 3.11. The second-order valence-electron chi connectivity index (χ2n) is 7.87. The van der Waals surface area contributed by atoms with Gasteiger partial charge in [0.25, 0.3) is 5.91 Å². The number of hydrogen-bond donors (Lipinski definition) is 1. The van der Waals surface area contributed by atoms with E-state index < -0.39 is 17.5 Å². The minimum absolute atomic E-state index is 0.0941. The lowest BCUT2D eigenvalue weighted by atomic mass is 9.90. The van der Waals surface area contributed by atoms with Crippen LogP contribution < -0.4 is 19.5 Å². The molecular formula is C24H20N2O6. The molecule has 3 amide bonds. The number of benzene rings is 3. The molecule has 8 nitrogen and oxygen atoms in total. The van der Waals surface area contributed by atoms with Gasteiger partial charge in [-0.1, -0.05) is 18.2 Å². The van der Waals surface area contributed by atoms with E-state index >= 15 is 0 Å². The van der Waals surface area contributed by atoms with Gasteiger partial charge in [0.2, 0.25) is 6.79 Å². The maximum absolute atomic E-state index is 13.3. The fraction of sp³-hybridized carbons (Fsp3) is 0.208. The first-order valence-corrected chi connectivity index (χ1v) is 10.0. The minimum Gasteiger partial charge on any atom is -0.497 e. The first kappa shape index (κ1) is 19.9. The Hall–Kier alpha value is -4.07. The molecule has 1 N–H and O–H groups in total. The van der Waals surface area contributed by atoms with Crippen LogP contribution in [0.3, 0.4) is 0 Å². The summed E-state index contributed by atoms with van der Waals surface area (Å²) in [5.41, 5.74) is -0.310. The molecule has 0 bridgehead atoms. The summed E-state index contributed by atoms with van der Waals surface area (Å²) in [6, 6.07) is 15.3. The van der Waals surface area contributed by atoms with Crippen molar-refractivity contribution in [2.75, 3.05) is 20.4 Å². The molecule has 0 spiro atoms. The van der Waals surface area contributed by atoms with Crippen molar-refractivity contribution in [1.82, 2.24) is 10.2 Å². The first-order valence-electron chi connectivity index (χ1n) is 10.0. The summed E-state index contributed by atoms with van der Waals surface area (Å²) in [5.74, 6) is 0.893. The molecule has 0 aliphatic carbocycles. The number of amides is 3. The van der Waals surface area contributed by atoms with E-state index in [-0.39, 0.29) is 19.1 Å². The van der Waals surface area contributed by atoms with Crippen molar-refractivity contribution in [3.63, 3.8) is 0 Å². The largest absolute Gasteiger partial charge is 0.497 e. The number of rotatable bonds is 5. The summed E-state index contributed by atoms with van der Waals surface area (Å²) in [5, 5.41) is 4.60. The number of nitrogens with zero attached hydrogens (tertiary/aromatic N) is 1. The quantitative estimate of drug-likeness (QED) is 0.492. The molecule has 5 rings (SSSR count). The van der Waals surface area contributed by atoms with Crippen LogP contribution >= 0.6 is 0 Å². The molecule has 2 heterocycles. The van der Waals surface area contributed by atoms with Crippen LogP contribution in [0.1, 0.15) is 22.8 Å². The molecule has 1 fully saturated rings. The summed E-state index contributed by atoms with van der Waals surface area (Å²) in [7, 11) is 1.60. The molecule has 8 heteroatoms. The van der Waals surface area contributed by atoms with Gasteiger partial charge in [-0.2, -0.15) is 0 Å². The predicted molar refractivity (Wildman–Crippen MR) is 115 cm³/mol. The number of ether oxygens (including phenoxy) is 3. The van der Waals surface area contributed by atoms with Crippen LogP contribution in [0.15, 0.2) is 54.6 Å². The average molecular weight is 432 g/mol. The molecular weight excluding hydrogens is 412 g/mol. The number of ketones is 1. The number of hydrogen-bond acceptors (Lipinski definition) is 6. The second kappa shape index (κ2) is 7.26. The normalized spacial score (nSPS) is 19.4. The number of urea groups is 1. The molecule has 0 radical (unpaired) electrons. The van der Waals surface area contributed by atoms with Gasteiger partial charge in [0.1, 0.15) is 11.3 Å². The Morgan fingerprint density at radius 3 is 2.59 bits per heavy atom. The maximum Gasteiger partial charge on any atom is 0.325 e. The smallest absolute Gasteiger partial charge is 0.325 e. The lowest BCUT2D eigenvalue weighted by Crippen LogP contribution is -2.41. The van der Waals surface area contributed by atoms with Gasteiger partial charge in [0, 0.05) is 5.56 Å². The lowest BCUT2D eigenvalue weighted by molar-refractivity contribution is -0.130. The number of methoxy groups -OCH3 is 1. The zero-order valence-corrected chi connectivity index (χ0v) is 17.5. The van der Waals surface area contributed by atoms with Crippen molar-refractivity contribution < 1.29 is 28.6 Å². The van der Waals surface area contributed by atoms with Crippen LogP contribution in [0, 0.1) is 0 Å². The van der Waals surface area contributed by atoms with E-state index in [4.69, 9.17) is 14.2 Å². The minimum atomic E-state index is -1.28. The maximum atomic E-state index is 13.3. The summed E-state index contributed by atoms with van der Waals surface area (Å²) < 4.78 is 15.8. The summed E-state index contributed by atoms with van der Waals surface area (Å²) in [6.07, 6.45) is 0. The van der Waals surface area contributed by atoms with E-state index in [1.54, 1.807) is 38.3 Å². The number of fused-ring (bicyclic) bond motifs is 2. The molecule has 0 aromatic heterocycles. The molecule has 0 saturated carbocycles. The Bertz CT molecular complexity index is 1290. The summed E-state index contributed by atoms with van der Waals surface area (Å²) in [4.78, 5) is 39.7. The Labute approximate surface area is 183 Å². The van der Waals surface area contributed by atoms with Crippen LogP contribution in [0.5, 0.6) is 17.2 Å². The number of Topliss-reactive ketones (excluding diaryl/α,β-unsaturated/α-hetero) is 1. The molecule has 2 aliphatic rings. The van der Waals surface area contributed by atoms with E-state index in [1.165, 1.54) is 0 Å². The van der Waals surface area contributed by atoms with Gasteiger partial charge in [0.05, 0.1) is 13.7 Å². The number of carbonyl (C=O) groups is 3. The van der Waals surface area contributed by atoms with Crippen molar-refractivity contribution >= 4 is 28.5 Å². The van der Waals surface area contributed by atoms with Crippen molar-refractivity contribution in [2.45, 2.75) is 12.5 Å². The van der Waals surface area contributed by atoms with Gasteiger partial charge in [-0.15, -0.1) is 0 Å². The monoisotopic (exact) mass is 432 g/mol. The van der Waals surface area contributed by atoms with Crippen LogP contribution in [-0.4, -0.2) is 43.1 Å². The molecule has 1 saturated heterocycles. The fourth-order valence-electron chi connectivity index (χ4n) is 4.00. The van der Waals surface area contributed by atoms with E-state index in [1.807, 2.05) is 30.3 Å². The van der Waals surface area contributed by atoms with Crippen LogP contribution in [0.2, 0.25) is 0 Å². The molecule has 2 aliphatic heterocycles. The third-order valence-electron chi connectivity index (χ3n) is 5.90.